The van der Waals surface area contributed by atoms with E-state index >= 15 is 0 Å². The first kappa shape index (κ1) is 13.8. The largest absolute Gasteiger partial charge is 0.496 e. The summed E-state index contributed by atoms with van der Waals surface area (Å²) in [5.74, 6) is -0.221. The van der Waals surface area contributed by atoms with E-state index in [0.717, 1.165) is 5.56 Å². The predicted molar refractivity (Wildman–Crippen MR) is 66.6 cm³/mol. The Kier molecular flexibility index (Phi) is 4.37. The molecular formula is C12H16ClNO3. The number of aliphatic carboxylic acids is 1. The van der Waals surface area contributed by atoms with Gasteiger partial charge in [0.2, 0.25) is 0 Å². The molecule has 0 aliphatic heterocycles. The van der Waals surface area contributed by atoms with Crippen LogP contribution in [0.5, 0.6) is 5.75 Å². The van der Waals surface area contributed by atoms with Crippen molar-refractivity contribution in [2.45, 2.75) is 25.9 Å². The van der Waals surface area contributed by atoms with E-state index in [9.17, 15) is 4.79 Å². The van der Waals surface area contributed by atoms with Crippen molar-refractivity contribution in [1.29, 1.82) is 0 Å². The summed E-state index contributed by atoms with van der Waals surface area (Å²) in [4.78, 5) is 10.9. The first-order valence-electron chi connectivity index (χ1n) is 5.17. The molecule has 0 aliphatic rings. The van der Waals surface area contributed by atoms with Gasteiger partial charge in [0, 0.05) is 17.1 Å². The Balaban J connectivity index is 2.81. The van der Waals surface area contributed by atoms with Crippen LogP contribution in [0.15, 0.2) is 18.2 Å². The van der Waals surface area contributed by atoms with Crippen LogP contribution in [0.25, 0.3) is 0 Å². The Morgan fingerprint density at radius 1 is 1.53 bits per heavy atom. The number of rotatable bonds is 5. The van der Waals surface area contributed by atoms with Gasteiger partial charge in [-0.05, 0) is 32.0 Å². The lowest BCUT2D eigenvalue weighted by atomic mass is 10.1. The van der Waals surface area contributed by atoms with Crippen LogP contribution < -0.4 is 10.1 Å². The minimum absolute atomic E-state index is 0.378. The molecule has 0 aliphatic carbocycles. The van der Waals surface area contributed by atoms with Crippen LogP contribution in [0.3, 0.4) is 0 Å². The highest BCUT2D eigenvalue weighted by Gasteiger charge is 2.26. The van der Waals surface area contributed by atoms with Gasteiger partial charge >= 0.3 is 5.97 Å². The summed E-state index contributed by atoms with van der Waals surface area (Å²) in [6, 6.07) is 5.24. The number of benzene rings is 1. The number of carboxylic acid groups (broad SMARTS) is 1. The van der Waals surface area contributed by atoms with Gasteiger partial charge in [0.15, 0.2) is 0 Å². The summed E-state index contributed by atoms with van der Waals surface area (Å²) >= 11 is 5.89. The molecule has 0 bridgehead atoms. The maximum absolute atomic E-state index is 10.9. The smallest absolute Gasteiger partial charge is 0.323 e. The summed E-state index contributed by atoms with van der Waals surface area (Å²) < 4.78 is 5.18. The molecule has 0 spiro atoms. The number of ether oxygens (including phenoxy) is 1. The van der Waals surface area contributed by atoms with Crippen molar-refractivity contribution >= 4 is 17.6 Å². The number of hydrogen-bond acceptors (Lipinski definition) is 3. The van der Waals surface area contributed by atoms with Gasteiger partial charge in [0.1, 0.15) is 11.3 Å². The fraction of sp³-hybridized carbons (Fsp3) is 0.417. The van der Waals surface area contributed by atoms with Crippen molar-refractivity contribution in [3.63, 3.8) is 0 Å². The number of halogens is 1. The molecular weight excluding hydrogens is 242 g/mol. The van der Waals surface area contributed by atoms with Gasteiger partial charge in [-0.15, -0.1) is 0 Å². The fourth-order valence-electron chi connectivity index (χ4n) is 1.28. The van der Waals surface area contributed by atoms with E-state index in [2.05, 4.69) is 5.32 Å². The van der Waals surface area contributed by atoms with Gasteiger partial charge in [-0.2, -0.15) is 0 Å². The molecule has 1 aromatic rings. The van der Waals surface area contributed by atoms with E-state index < -0.39 is 11.5 Å². The number of methoxy groups -OCH3 is 1. The zero-order valence-corrected chi connectivity index (χ0v) is 10.8. The normalized spacial score (nSPS) is 11.3. The molecule has 4 nitrogen and oxygen atoms in total. The van der Waals surface area contributed by atoms with Gasteiger partial charge in [-0.1, -0.05) is 11.6 Å². The summed E-state index contributed by atoms with van der Waals surface area (Å²) in [7, 11) is 1.56. The first-order chi connectivity index (χ1) is 7.86. The molecule has 5 heteroatoms. The van der Waals surface area contributed by atoms with E-state index in [1.54, 1.807) is 39.2 Å². The summed E-state index contributed by atoms with van der Waals surface area (Å²) in [6.45, 7) is 3.59. The molecule has 0 radical (unpaired) electrons. The van der Waals surface area contributed by atoms with Crippen LogP contribution in [-0.2, 0) is 11.3 Å². The molecule has 0 fully saturated rings. The fourth-order valence-corrected chi connectivity index (χ4v) is 1.47. The minimum atomic E-state index is -0.993. The lowest BCUT2D eigenvalue weighted by Crippen LogP contribution is -2.46. The highest BCUT2D eigenvalue weighted by atomic mass is 35.5. The van der Waals surface area contributed by atoms with Crippen LogP contribution >= 0.6 is 11.6 Å². The second-order valence-electron chi connectivity index (χ2n) is 4.24. The standard InChI is InChI=1S/C12H16ClNO3/c1-12(2,11(15)16)14-7-8-6-9(13)4-5-10(8)17-3/h4-6,14H,7H2,1-3H3,(H,15,16). The number of carboxylic acids is 1. The molecule has 17 heavy (non-hydrogen) atoms. The average molecular weight is 258 g/mol. The van der Waals surface area contributed by atoms with Crippen molar-refractivity contribution in [1.82, 2.24) is 5.32 Å². The van der Waals surface area contributed by atoms with E-state index in [0.29, 0.717) is 17.3 Å². The SMILES string of the molecule is COc1ccc(Cl)cc1CNC(C)(C)C(=O)O. The monoisotopic (exact) mass is 257 g/mol. The molecule has 0 heterocycles. The van der Waals surface area contributed by atoms with Crippen LogP contribution in [0.4, 0.5) is 0 Å². The average Bonchev–Trinajstić information content (AvgIpc) is 2.26. The van der Waals surface area contributed by atoms with Crippen LogP contribution in [0, 0.1) is 0 Å². The quantitative estimate of drug-likeness (QED) is 0.850. The van der Waals surface area contributed by atoms with Gasteiger partial charge in [0.05, 0.1) is 7.11 Å². The lowest BCUT2D eigenvalue weighted by molar-refractivity contribution is -0.143. The zero-order chi connectivity index (χ0) is 13.1. The molecule has 0 saturated heterocycles. The van der Waals surface area contributed by atoms with Crippen LogP contribution in [0.2, 0.25) is 5.02 Å². The number of carbonyl (C=O) groups is 1. The Morgan fingerprint density at radius 3 is 2.71 bits per heavy atom. The third-order valence-electron chi connectivity index (χ3n) is 2.50. The molecule has 1 rings (SSSR count). The van der Waals surface area contributed by atoms with E-state index in [1.165, 1.54) is 0 Å². The van der Waals surface area contributed by atoms with Crippen molar-refractivity contribution in [3.05, 3.63) is 28.8 Å². The number of hydrogen-bond donors (Lipinski definition) is 2. The predicted octanol–water partition coefficient (Wildman–Crippen LogP) is 2.30. The number of nitrogens with one attached hydrogen (secondary N) is 1. The summed E-state index contributed by atoms with van der Waals surface area (Å²) in [6.07, 6.45) is 0. The Labute approximate surface area is 106 Å². The molecule has 0 aromatic heterocycles. The van der Waals surface area contributed by atoms with Crippen molar-refractivity contribution in [3.8, 4) is 5.75 Å². The van der Waals surface area contributed by atoms with Gasteiger partial charge in [-0.25, -0.2) is 0 Å². The van der Waals surface area contributed by atoms with Crippen molar-refractivity contribution < 1.29 is 14.6 Å². The molecule has 0 saturated carbocycles. The van der Waals surface area contributed by atoms with Gasteiger partial charge in [0.25, 0.3) is 0 Å². The molecule has 2 N–H and O–H groups in total. The molecule has 94 valence electrons. The Bertz CT molecular complexity index is 418. The minimum Gasteiger partial charge on any atom is -0.496 e. The second kappa shape index (κ2) is 5.38. The Hall–Kier alpha value is -1.26. The lowest BCUT2D eigenvalue weighted by Gasteiger charge is -2.21. The van der Waals surface area contributed by atoms with Crippen LogP contribution in [-0.4, -0.2) is 23.7 Å². The third kappa shape index (κ3) is 3.61. The zero-order valence-electron chi connectivity index (χ0n) is 10.1. The van der Waals surface area contributed by atoms with E-state index in [4.69, 9.17) is 21.4 Å². The van der Waals surface area contributed by atoms with Crippen LogP contribution in [0.1, 0.15) is 19.4 Å². The van der Waals surface area contributed by atoms with Crippen molar-refractivity contribution in [2.75, 3.05) is 7.11 Å². The maximum Gasteiger partial charge on any atom is 0.323 e. The highest BCUT2D eigenvalue weighted by molar-refractivity contribution is 6.30. The summed E-state index contributed by atoms with van der Waals surface area (Å²) in [5.41, 5.74) is -0.165. The van der Waals surface area contributed by atoms with E-state index in [1.807, 2.05) is 0 Å². The second-order valence-corrected chi connectivity index (χ2v) is 4.68. The molecule has 1 aromatic carbocycles. The highest BCUT2D eigenvalue weighted by Crippen LogP contribution is 2.23. The van der Waals surface area contributed by atoms with Crippen molar-refractivity contribution in [2.24, 2.45) is 0 Å². The molecule has 0 unspecified atom stereocenters. The third-order valence-corrected chi connectivity index (χ3v) is 2.73. The maximum atomic E-state index is 10.9. The van der Waals surface area contributed by atoms with Gasteiger partial charge < -0.3 is 9.84 Å². The summed E-state index contributed by atoms with van der Waals surface area (Å²) in [5, 5.41) is 12.5. The molecule has 0 amide bonds. The first-order valence-corrected chi connectivity index (χ1v) is 5.55. The Morgan fingerprint density at radius 2 is 2.18 bits per heavy atom. The molecule has 0 atom stereocenters. The van der Waals surface area contributed by atoms with E-state index in [-0.39, 0.29) is 0 Å². The van der Waals surface area contributed by atoms with Gasteiger partial charge in [-0.3, -0.25) is 10.1 Å². The topological polar surface area (TPSA) is 58.6 Å².